The van der Waals surface area contributed by atoms with Crippen LogP contribution in [0.1, 0.15) is 51.9 Å². The second kappa shape index (κ2) is 4.69. The maximum Gasteiger partial charge on any atom is 0.312 e. The molecule has 1 spiro atoms. The minimum absolute atomic E-state index is 0.0324. The topological polar surface area (TPSA) is 52.6 Å². The third-order valence-corrected chi connectivity index (χ3v) is 8.94. The molecule has 5 aliphatic rings. The van der Waals surface area contributed by atoms with E-state index in [4.69, 9.17) is 9.47 Å². The molecule has 4 aliphatic carbocycles. The van der Waals surface area contributed by atoms with Crippen molar-refractivity contribution in [2.24, 2.45) is 39.9 Å². The fourth-order valence-electron chi connectivity index (χ4n) is 8.29. The third kappa shape index (κ3) is 1.61. The number of rotatable bonds is 1. The Bertz CT molecular complexity index is 683. The highest BCUT2D eigenvalue weighted by Crippen LogP contribution is 2.78. The number of cyclic esters (lactones) is 1. The van der Waals surface area contributed by atoms with Crippen LogP contribution in [0.3, 0.4) is 0 Å². The van der Waals surface area contributed by atoms with Crippen molar-refractivity contribution in [2.45, 2.75) is 51.9 Å². The van der Waals surface area contributed by atoms with Crippen LogP contribution in [0.15, 0.2) is 12.2 Å². The van der Waals surface area contributed by atoms with Gasteiger partial charge in [-0.2, -0.15) is 0 Å². The van der Waals surface area contributed by atoms with Gasteiger partial charge in [-0.15, -0.1) is 0 Å². The first kappa shape index (κ1) is 15.9. The van der Waals surface area contributed by atoms with Crippen LogP contribution in [0, 0.1) is 39.9 Å². The van der Waals surface area contributed by atoms with Crippen LogP contribution in [0.4, 0.5) is 0 Å². The molecule has 0 aromatic rings. The van der Waals surface area contributed by atoms with E-state index in [-0.39, 0.29) is 34.6 Å². The second-order valence-electron chi connectivity index (χ2n) is 9.66. The Morgan fingerprint density at radius 1 is 1.28 bits per heavy atom. The normalized spacial score (nSPS) is 53.0. The predicted octanol–water partition coefficient (Wildman–Crippen LogP) is 3.50. The van der Waals surface area contributed by atoms with Crippen LogP contribution in [-0.2, 0) is 19.1 Å². The van der Waals surface area contributed by atoms with Gasteiger partial charge in [-0.1, -0.05) is 18.6 Å². The largest absolute Gasteiger partial charge is 0.469 e. The van der Waals surface area contributed by atoms with E-state index in [0.717, 1.165) is 38.5 Å². The van der Waals surface area contributed by atoms with E-state index >= 15 is 0 Å². The van der Waals surface area contributed by atoms with Gasteiger partial charge < -0.3 is 9.47 Å². The average molecular weight is 344 g/mol. The van der Waals surface area contributed by atoms with Gasteiger partial charge in [0.25, 0.3) is 0 Å². The zero-order valence-electron chi connectivity index (χ0n) is 15.3. The van der Waals surface area contributed by atoms with Crippen LogP contribution in [0.2, 0.25) is 0 Å². The van der Waals surface area contributed by atoms with E-state index in [1.54, 1.807) is 0 Å². The Morgan fingerprint density at radius 2 is 2.08 bits per heavy atom. The van der Waals surface area contributed by atoms with Crippen LogP contribution >= 0.6 is 0 Å². The Kier molecular flexibility index (Phi) is 2.98. The summed E-state index contributed by atoms with van der Waals surface area (Å²) in [6, 6.07) is 0. The quantitative estimate of drug-likeness (QED) is 0.540. The molecule has 1 heterocycles. The van der Waals surface area contributed by atoms with Gasteiger partial charge in [0.2, 0.25) is 0 Å². The van der Waals surface area contributed by atoms with Gasteiger partial charge in [0.1, 0.15) is 0 Å². The molecule has 136 valence electrons. The molecular weight excluding hydrogens is 316 g/mol. The van der Waals surface area contributed by atoms with E-state index in [1.807, 2.05) is 0 Å². The minimum Gasteiger partial charge on any atom is -0.469 e. The lowest BCUT2D eigenvalue weighted by Crippen LogP contribution is -2.58. The lowest BCUT2D eigenvalue weighted by Gasteiger charge is -2.55. The summed E-state index contributed by atoms with van der Waals surface area (Å²) in [6.07, 6.45) is 7.28. The molecule has 4 nitrogen and oxygen atoms in total. The van der Waals surface area contributed by atoms with Crippen molar-refractivity contribution in [2.75, 3.05) is 13.7 Å². The molecule has 2 unspecified atom stereocenters. The van der Waals surface area contributed by atoms with Crippen molar-refractivity contribution in [3.8, 4) is 0 Å². The fourth-order valence-corrected chi connectivity index (χ4v) is 8.29. The zero-order chi connectivity index (χ0) is 17.6. The molecule has 4 bridgehead atoms. The fraction of sp³-hybridized carbons (Fsp3) is 0.810. The Morgan fingerprint density at radius 3 is 2.84 bits per heavy atom. The molecule has 25 heavy (non-hydrogen) atoms. The molecule has 5 rings (SSSR count). The number of hydrogen-bond acceptors (Lipinski definition) is 4. The maximum absolute atomic E-state index is 13.1. The van der Waals surface area contributed by atoms with Crippen molar-refractivity contribution >= 4 is 11.9 Å². The second-order valence-corrected chi connectivity index (χ2v) is 9.66. The highest BCUT2D eigenvalue weighted by atomic mass is 16.5. The van der Waals surface area contributed by atoms with Crippen molar-refractivity contribution < 1.29 is 19.1 Å². The summed E-state index contributed by atoms with van der Waals surface area (Å²) in [6.45, 7) is 6.91. The van der Waals surface area contributed by atoms with Crippen molar-refractivity contribution in [3.05, 3.63) is 12.2 Å². The van der Waals surface area contributed by atoms with Crippen LogP contribution in [0.5, 0.6) is 0 Å². The molecule has 0 aromatic heterocycles. The third-order valence-electron chi connectivity index (χ3n) is 8.94. The van der Waals surface area contributed by atoms with E-state index in [2.05, 4.69) is 13.5 Å². The summed E-state index contributed by atoms with van der Waals surface area (Å²) in [5.41, 5.74) is 0.687. The number of ether oxygens (including phenoxy) is 2. The van der Waals surface area contributed by atoms with Crippen molar-refractivity contribution in [1.29, 1.82) is 0 Å². The average Bonchev–Trinajstić information content (AvgIpc) is 3.00. The van der Waals surface area contributed by atoms with Gasteiger partial charge in [-0.3, -0.25) is 9.59 Å². The minimum atomic E-state index is -0.541. The summed E-state index contributed by atoms with van der Waals surface area (Å²) in [4.78, 5) is 25.9. The molecule has 1 saturated heterocycles. The zero-order valence-corrected chi connectivity index (χ0v) is 15.3. The number of methoxy groups -OCH3 is 1. The number of hydrogen-bond donors (Lipinski definition) is 0. The van der Waals surface area contributed by atoms with Gasteiger partial charge in [0.05, 0.1) is 25.0 Å². The molecule has 0 amide bonds. The number of esters is 2. The number of fused-ring (bicyclic) bond motifs is 1. The molecule has 4 heteroatoms. The van der Waals surface area contributed by atoms with Gasteiger partial charge in [0.15, 0.2) is 0 Å². The van der Waals surface area contributed by atoms with Gasteiger partial charge >= 0.3 is 11.9 Å². The molecular formula is C21H28O4. The SMILES string of the molecule is C=C1C[C@]23CC1CC[C@H]2[C@@]12CCCC(C)(C(=O)OC1)[C@H]2[C@@H]3C(=O)OC. The van der Waals surface area contributed by atoms with Crippen LogP contribution in [-0.4, -0.2) is 25.7 Å². The first-order valence-corrected chi connectivity index (χ1v) is 9.82. The molecule has 5 fully saturated rings. The summed E-state index contributed by atoms with van der Waals surface area (Å²) in [7, 11) is 1.50. The van der Waals surface area contributed by atoms with Crippen LogP contribution in [0.25, 0.3) is 0 Å². The number of carbonyl (C=O) groups excluding carboxylic acids is 2. The highest BCUT2D eigenvalue weighted by Gasteiger charge is 2.78. The van der Waals surface area contributed by atoms with Crippen molar-refractivity contribution in [1.82, 2.24) is 0 Å². The monoisotopic (exact) mass is 344 g/mol. The van der Waals surface area contributed by atoms with Gasteiger partial charge in [-0.25, -0.2) is 0 Å². The first-order valence-electron chi connectivity index (χ1n) is 9.82. The summed E-state index contributed by atoms with van der Waals surface area (Å²) >= 11 is 0. The summed E-state index contributed by atoms with van der Waals surface area (Å²) in [5.74, 6) is 0.696. The van der Waals surface area contributed by atoms with Gasteiger partial charge in [-0.05, 0) is 68.6 Å². The predicted molar refractivity (Wildman–Crippen MR) is 91.4 cm³/mol. The van der Waals surface area contributed by atoms with E-state index < -0.39 is 5.41 Å². The van der Waals surface area contributed by atoms with Crippen molar-refractivity contribution in [3.63, 3.8) is 0 Å². The highest BCUT2D eigenvalue weighted by molar-refractivity contribution is 5.82. The Labute approximate surface area is 149 Å². The van der Waals surface area contributed by atoms with Gasteiger partial charge in [0, 0.05) is 5.41 Å². The Hall–Kier alpha value is -1.32. The molecule has 7 atom stereocenters. The molecule has 0 radical (unpaired) electrons. The number of carbonyl (C=O) groups is 2. The molecule has 1 aliphatic heterocycles. The van der Waals surface area contributed by atoms with E-state index in [1.165, 1.54) is 19.1 Å². The lowest BCUT2D eigenvalue weighted by molar-refractivity contribution is -0.201. The van der Waals surface area contributed by atoms with E-state index in [9.17, 15) is 9.59 Å². The summed E-state index contributed by atoms with van der Waals surface area (Å²) in [5, 5.41) is 0. The first-order chi connectivity index (χ1) is 11.9. The Balaban J connectivity index is 1.74. The smallest absolute Gasteiger partial charge is 0.312 e. The van der Waals surface area contributed by atoms with E-state index in [0.29, 0.717) is 18.4 Å². The molecule has 0 N–H and O–H groups in total. The van der Waals surface area contributed by atoms with Crippen LogP contribution < -0.4 is 0 Å². The number of allylic oxidation sites excluding steroid dienone is 1. The lowest BCUT2D eigenvalue weighted by atomic mass is 9.51. The summed E-state index contributed by atoms with van der Waals surface area (Å²) < 4.78 is 11.1. The maximum atomic E-state index is 13.1. The standard InChI is InChI=1S/C21H28O4/c1-12-9-21-10-13(12)5-6-14(21)20-8-4-7-19(2,18(23)25-11-20)16(20)15(21)17(22)24-3/h13-16H,1,4-11H2,2-3H3/t13?,14-,15+,16+,19?,20+,21-/m0/s1. The molecule has 4 saturated carbocycles. The molecule has 0 aromatic carbocycles.